The Bertz CT molecular complexity index is 820. The van der Waals surface area contributed by atoms with E-state index in [2.05, 4.69) is 69.4 Å². The first kappa shape index (κ1) is 21.1. The Kier molecular flexibility index (Phi) is 6.04. The van der Waals surface area contributed by atoms with Crippen molar-refractivity contribution in [3.8, 4) is 0 Å². The molecule has 1 N–H and O–H groups in total. The maximum Gasteiger partial charge on any atom is 0.220 e. The quantitative estimate of drug-likeness (QED) is 0.562. The van der Waals surface area contributed by atoms with Crippen LogP contribution in [0, 0.1) is 0 Å². The number of rotatable bonds is 6. The van der Waals surface area contributed by atoms with Gasteiger partial charge in [0.25, 0.3) is 0 Å². The van der Waals surface area contributed by atoms with Crippen molar-refractivity contribution in [1.82, 2.24) is 9.55 Å². The fourth-order valence-electron chi connectivity index (χ4n) is 5.85. The Hall–Kier alpha value is -1.62. The van der Waals surface area contributed by atoms with Gasteiger partial charge in [-0.2, -0.15) is 0 Å². The highest BCUT2D eigenvalue weighted by atomic mass is 28.3. The monoisotopic (exact) mass is 402 g/mol. The van der Waals surface area contributed by atoms with E-state index in [4.69, 9.17) is 0 Å². The molecule has 2 heterocycles. The topological polar surface area (TPSA) is 34.0 Å². The smallest absolute Gasteiger partial charge is 0.220 e. The summed E-state index contributed by atoms with van der Waals surface area (Å²) in [7, 11) is -1.99. The molecular weight excluding hydrogens is 367 g/mol. The van der Waals surface area contributed by atoms with E-state index in [9.17, 15) is 4.79 Å². The zero-order chi connectivity index (χ0) is 20.6. The highest BCUT2D eigenvalue weighted by molar-refractivity contribution is 6.82. The lowest BCUT2D eigenvalue weighted by atomic mass is 9.95. The summed E-state index contributed by atoms with van der Waals surface area (Å²) >= 11 is 0. The van der Waals surface area contributed by atoms with Crippen molar-refractivity contribution in [1.29, 1.82) is 0 Å². The Morgan fingerprint density at radius 2 is 1.68 bits per heavy atom. The van der Waals surface area contributed by atoms with E-state index in [0.29, 0.717) is 29.5 Å². The maximum atomic E-state index is 15.7. The van der Waals surface area contributed by atoms with Gasteiger partial charge in [0.05, 0.1) is 6.04 Å². The molecule has 1 aliphatic heterocycles. The van der Waals surface area contributed by atoms with Crippen LogP contribution in [0.15, 0.2) is 30.5 Å². The van der Waals surface area contributed by atoms with E-state index in [-0.39, 0.29) is 5.91 Å². The van der Waals surface area contributed by atoms with Crippen LogP contribution in [0.5, 0.6) is 0 Å². The van der Waals surface area contributed by atoms with E-state index in [0.717, 1.165) is 22.9 Å². The minimum absolute atomic E-state index is 0.0297. The van der Waals surface area contributed by atoms with Crippen LogP contribution >= 0.6 is 0 Å². The highest BCUT2D eigenvalue weighted by Gasteiger charge is 2.46. The number of carbonyl (C=O) groups excluding carboxylic acids is 1. The number of para-hydroxylation sites is 1. The number of nitrogens with zero attached hydrogens (tertiary/aromatic N) is 1. The van der Waals surface area contributed by atoms with Crippen molar-refractivity contribution < 1.29 is 9.18 Å². The first-order valence-corrected chi connectivity index (χ1v) is 12.9. The van der Waals surface area contributed by atoms with Crippen molar-refractivity contribution >= 4 is 25.0 Å². The molecule has 1 aliphatic rings. The summed E-state index contributed by atoms with van der Waals surface area (Å²) in [6.45, 7) is 14.0. The number of hydrogen-bond donors (Lipinski definition) is 1. The van der Waals surface area contributed by atoms with Gasteiger partial charge in [-0.05, 0) is 35.5 Å². The van der Waals surface area contributed by atoms with Crippen molar-refractivity contribution in [2.75, 3.05) is 0 Å². The first-order valence-electron chi connectivity index (χ1n) is 10.7. The number of fused-ring (bicyclic) bond motifs is 1. The number of amides is 1. The number of nitrogens with one attached hydrogen (secondary N) is 1. The summed E-state index contributed by atoms with van der Waals surface area (Å²) in [6, 6.07) is 7.80. The maximum absolute atomic E-state index is 15.7. The van der Waals surface area contributed by atoms with Crippen LogP contribution in [-0.2, 0) is 4.79 Å². The van der Waals surface area contributed by atoms with Gasteiger partial charge in [-0.1, -0.05) is 59.7 Å². The minimum atomic E-state index is -1.99. The van der Waals surface area contributed by atoms with Crippen LogP contribution in [0.4, 0.5) is 4.39 Å². The highest BCUT2D eigenvalue weighted by Crippen LogP contribution is 2.46. The summed E-state index contributed by atoms with van der Waals surface area (Å²) in [5, 5.41) is 3.88. The molecule has 2 unspecified atom stereocenters. The molecule has 1 saturated heterocycles. The van der Waals surface area contributed by atoms with Gasteiger partial charge in [0.1, 0.15) is 6.17 Å². The SMILES string of the molecule is CC(C)[Si](C(C)C)(C(C)C)n1cc(C(F)C2CCCC(=O)N2)c2ccccc21. The third kappa shape index (κ3) is 3.32. The van der Waals surface area contributed by atoms with Crippen molar-refractivity contribution in [2.45, 2.75) is 89.6 Å². The predicted octanol–water partition coefficient (Wildman–Crippen LogP) is 6.34. The fourth-order valence-corrected chi connectivity index (χ4v) is 12.5. The predicted molar refractivity (Wildman–Crippen MR) is 118 cm³/mol. The number of benzene rings is 1. The largest absolute Gasteiger partial charge is 0.373 e. The van der Waals surface area contributed by atoms with Crippen molar-refractivity contribution in [3.05, 3.63) is 36.0 Å². The molecule has 0 bridgehead atoms. The molecular formula is C23H35FN2OSi. The van der Waals surface area contributed by atoms with E-state index >= 15 is 4.39 Å². The van der Waals surface area contributed by atoms with Gasteiger partial charge in [-0.15, -0.1) is 0 Å². The molecule has 1 fully saturated rings. The molecule has 1 amide bonds. The molecule has 1 aromatic carbocycles. The molecule has 3 rings (SSSR count). The van der Waals surface area contributed by atoms with Gasteiger partial charge in [-0.3, -0.25) is 4.79 Å². The molecule has 3 nitrogen and oxygen atoms in total. The van der Waals surface area contributed by atoms with Gasteiger partial charge in [-0.25, -0.2) is 4.39 Å². The fraction of sp³-hybridized carbons (Fsp3) is 0.609. The lowest BCUT2D eigenvalue weighted by Gasteiger charge is -2.44. The Labute approximate surface area is 169 Å². The van der Waals surface area contributed by atoms with Crippen LogP contribution in [-0.4, -0.2) is 24.4 Å². The van der Waals surface area contributed by atoms with Crippen molar-refractivity contribution in [3.63, 3.8) is 0 Å². The van der Waals surface area contributed by atoms with Crippen LogP contribution in [0.25, 0.3) is 10.9 Å². The van der Waals surface area contributed by atoms with Crippen LogP contribution in [0.1, 0.15) is 72.5 Å². The molecule has 2 atom stereocenters. The molecule has 0 aliphatic carbocycles. The summed E-state index contributed by atoms with van der Waals surface area (Å²) in [5.41, 5.74) is 3.47. The lowest BCUT2D eigenvalue weighted by Crippen LogP contribution is -2.51. The zero-order valence-corrected chi connectivity index (χ0v) is 19.1. The second kappa shape index (κ2) is 8.01. The lowest BCUT2D eigenvalue weighted by molar-refractivity contribution is -0.124. The molecule has 2 aromatic rings. The Balaban J connectivity index is 2.19. The Morgan fingerprint density at radius 3 is 2.25 bits per heavy atom. The summed E-state index contributed by atoms with van der Waals surface area (Å²) in [6.07, 6.45) is 2.90. The number of carbonyl (C=O) groups is 1. The van der Waals surface area contributed by atoms with E-state index in [1.807, 2.05) is 12.1 Å². The van der Waals surface area contributed by atoms with Crippen molar-refractivity contribution in [2.24, 2.45) is 0 Å². The number of alkyl halides is 1. The average Bonchev–Trinajstić information content (AvgIpc) is 3.01. The van der Waals surface area contributed by atoms with E-state index in [1.165, 1.54) is 0 Å². The molecule has 154 valence electrons. The summed E-state index contributed by atoms with van der Waals surface area (Å²) < 4.78 is 18.2. The van der Waals surface area contributed by atoms with Crippen LogP contribution in [0.3, 0.4) is 0 Å². The van der Waals surface area contributed by atoms with E-state index in [1.54, 1.807) is 0 Å². The number of hydrogen-bond acceptors (Lipinski definition) is 1. The van der Waals surface area contributed by atoms with E-state index < -0.39 is 20.4 Å². The average molecular weight is 403 g/mol. The molecule has 0 spiro atoms. The third-order valence-electron chi connectivity index (χ3n) is 6.85. The molecule has 28 heavy (non-hydrogen) atoms. The molecule has 0 radical (unpaired) electrons. The number of aromatic nitrogens is 1. The number of piperidine rings is 1. The summed E-state index contributed by atoms with van der Waals surface area (Å²) in [5.74, 6) is -0.0297. The standard InChI is InChI=1S/C23H35FN2OSi/c1-15(2)28(16(3)4,17(5)6)26-14-19(18-10-7-8-12-21(18)26)23(24)20-11-9-13-22(27)25-20/h7-8,10,12,14-17,20,23H,9,11,13H2,1-6H3,(H,25,27). The summed E-state index contributed by atoms with van der Waals surface area (Å²) in [4.78, 5) is 11.8. The first-order chi connectivity index (χ1) is 13.2. The van der Waals surface area contributed by atoms with Gasteiger partial charge in [0.2, 0.25) is 5.91 Å². The number of halogens is 1. The van der Waals surface area contributed by atoms with Gasteiger partial charge in [0.15, 0.2) is 8.24 Å². The van der Waals surface area contributed by atoms with Gasteiger partial charge >= 0.3 is 0 Å². The molecule has 0 saturated carbocycles. The molecule has 1 aromatic heterocycles. The third-order valence-corrected chi connectivity index (χ3v) is 13.6. The van der Waals surface area contributed by atoms with Gasteiger partial charge in [0, 0.05) is 29.1 Å². The second-order valence-electron chi connectivity index (χ2n) is 9.29. The second-order valence-corrected chi connectivity index (χ2v) is 15.0. The normalized spacial score (nSPS) is 19.6. The van der Waals surface area contributed by atoms with Crippen LogP contribution < -0.4 is 5.32 Å². The Morgan fingerprint density at radius 1 is 1.07 bits per heavy atom. The molecule has 5 heteroatoms. The zero-order valence-electron chi connectivity index (χ0n) is 18.1. The minimum Gasteiger partial charge on any atom is -0.373 e. The van der Waals surface area contributed by atoms with Crippen LogP contribution in [0.2, 0.25) is 16.6 Å². The van der Waals surface area contributed by atoms with Gasteiger partial charge < -0.3 is 9.55 Å².